The molecule has 1 N–H and O–H groups in total. The number of benzene rings is 4. The highest BCUT2D eigenvalue weighted by atomic mass is 35.5. The van der Waals surface area contributed by atoms with Gasteiger partial charge in [0.2, 0.25) is 4.84 Å². The average molecular weight is 281 g/mol. The van der Waals surface area contributed by atoms with Crippen LogP contribution in [-0.2, 0) is 4.79 Å². The summed E-state index contributed by atoms with van der Waals surface area (Å²) in [5.41, 5.74) is 0. The second kappa shape index (κ2) is 5.42. The Bertz CT molecular complexity index is 595. The van der Waals surface area contributed by atoms with Crippen LogP contribution in [0.25, 0.3) is 21.5 Å². The van der Waals surface area contributed by atoms with E-state index in [1.807, 2.05) is 0 Å². The Morgan fingerprint density at radius 3 is 1.50 bits per heavy atom. The van der Waals surface area contributed by atoms with Crippen LogP contribution < -0.4 is 0 Å². The summed E-state index contributed by atoms with van der Waals surface area (Å²) in [7, 11) is 0. The molecule has 0 heterocycles. The van der Waals surface area contributed by atoms with Crippen molar-refractivity contribution < 1.29 is 9.90 Å². The fraction of sp³-hybridized carbons (Fsp3) is 0.0714. The molecule has 0 spiro atoms. The molecule has 0 unspecified atom stereocenters. The quantitative estimate of drug-likeness (QED) is 0.675. The van der Waals surface area contributed by atoms with Crippen molar-refractivity contribution in [2.45, 2.75) is 4.84 Å². The van der Waals surface area contributed by atoms with E-state index in [0.717, 1.165) is 0 Å². The van der Waals surface area contributed by atoms with Gasteiger partial charge in [-0.15, -0.1) is 0 Å². The van der Waals surface area contributed by atoms with Crippen LogP contribution in [0.3, 0.4) is 0 Å². The Hall–Kier alpha value is -1.51. The van der Waals surface area contributed by atoms with Crippen LogP contribution in [0.5, 0.6) is 0 Å². The van der Waals surface area contributed by atoms with E-state index in [1.165, 1.54) is 21.5 Å². The van der Waals surface area contributed by atoms with Crippen LogP contribution >= 0.6 is 23.2 Å². The average Bonchev–Trinajstić information content (AvgIpc) is 2.41. The summed E-state index contributed by atoms with van der Waals surface area (Å²) in [6.07, 6.45) is 0. The first kappa shape index (κ1) is 12.9. The molecule has 0 amide bonds. The molecule has 18 heavy (non-hydrogen) atoms. The molecule has 2 bridgehead atoms. The lowest BCUT2D eigenvalue weighted by atomic mass is 10.00. The van der Waals surface area contributed by atoms with E-state index < -0.39 is 10.8 Å². The third-order valence-electron chi connectivity index (χ3n) is 2.62. The summed E-state index contributed by atoms with van der Waals surface area (Å²) < 4.78 is 0. The van der Waals surface area contributed by atoms with Crippen molar-refractivity contribution >= 4 is 50.7 Å². The number of carboxylic acids is 1. The lowest BCUT2D eigenvalue weighted by Crippen LogP contribution is -2.03. The first-order valence-corrected chi connectivity index (χ1v) is 6.17. The molecule has 0 aliphatic heterocycles. The molecule has 4 aromatic rings. The van der Waals surface area contributed by atoms with E-state index in [9.17, 15) is 4.79 Å². The summed E-state index contributed by atoms with van der Waals surface area (Å²) in [6, 6.07) is 17.3. The van der Waals surface area contributed by atoms with Crippen molar-refractivity contribution in [1.82, 2.24) is 0 Å². The minimum absolute atomic E-state index is 1.21. The highest BCUT2D eigenvalue weighted by Gasteiger charge is 2.05. The number of halogens is 2. The summed E-state index contributed by atoms with van der Waals surface area (Å²) in [4.78, 5) is 8.15. The van der Waals surface area contributed by atoms with E-state index in [4.69, 9.17) is 28.3 Å². The van der Waals surface area contributed by atoms with Crippen molar-refractivity contribution in [3.8, 4) is 0 Å². The Kier molecular flexibility index (Phi) is 3.90. The van der Waals surface area contributed by atoms with E-state index in [-0.39, 0.29) is 0 Å². The smallest absolute Gasteiger partial charge is 0.337 e. The van der Waals surface area contributed by atoms with Gasteiger partial charge >= 0.3 is 5.97 Å². The lowest BCUT2D eigenvalue weighted by Gasteiger charge is -2.04. The molecular formula is C14H10Cl2O2. The number of carbonyl (C=O) groups is 1. The SMILES string of the molecule is O=C(O)C(Cl)Cl.c1ccc2c3ccc(cc3)c2c1. The number of hydrogen-bond acceptors (Lipinski definition) is 1. The van der Waals surface area contributed by atoms with Gasteiger partial charge in [-0.2, -0.15) is 0 Å². The number of fused-ring (bicyclic) bond motifs is 2. The molecule has 92 valence electrons. The Morgan fingerprint density at radius 1 is 0.889 bits per heavy atom. The maximum absolute atomic E-state index is 9.44. The van der Waals surface area contributed by atoms with Crippen molar-refractivity contribution in [2.24, 2.45) is 0 Å². The van der Waals surface area contributed by atoms with Gasteiger partial charge in [-0.05, 0) is 21.5 Å². The van der Waals surface area contributed by atoms with Crippen LogP contribution in [0.4, 0.5) is 0 Å². The Labute approximate surface area is 114 Å². The van der Waals surface area contributed by atoms with Gasteiger partial charge in [-0.3, -0.25) is 0 Å². The fourth-order valence-electron chi connectivity index (χ4n) is 1.82. The second-order valence-corrected chi connectivity index (χ2v) is 4.86. The molecule has 0 aromatic heterocycles. The molecule has 0 saturated carbocycles. The molecule has 2 nitrogen and oxygen atoms in total. The molecule has 4 aromatic carbocycles. The van der Waals surface area contributed by atoms with Gasteiger partial charge in [0.05, 0.1) is 0 Å². The standard InChI is InChI=1S/C12H8.C2H2Cl2O2/c1-2-4-12-10-7-5-9(6-8-10)11(12)3-1;3-1(4)2(5)6/h1-8H;1H,(H,5,6). The van der Waals surface area contributed by atoms with Crippen LogP contribution in [0, 0.1) is 0 Å². The van der Waals surface area contributed by atoms with Gasteiger partial charge in [0, 0.05) is 0 Å². The first-order chi connectivity index (χ1) is 8.59. The first-order valence-electron chi connectivity index (χ1n) is 5.30. The zero-order valence-electron chi connectivity index (χ0n) is 9.31. The number of rotatable bonds is 1. The summed E-state index contributed by atoms with van der Waals surface area (Å²) in [5.74, 6) is -1.21. The van der Waals surface area contributed by atoms with Gasteiger partial charge in [-0.1, -0.05) is 71.7 Å². The van der Waals surface area contributed by atoms with Crippen molar-refractivity contribution in [2.75, 3.05) is 0 Å². The topological polar surface area (TPSA) is 37.3 Å². The van der Waals surface area contributed by atoms with Crippen molar-refractivity contribution in [3.63, 3.8) is 0 Å². The predicted octanol–water partition coefficient (Wildman–Crippen LogP) is 4.31. The van der Waals surface area contributed by atoms with Gasteiger partial charge in [0.1, 0.15) is 0 Å². The Balaban J connectivity index is 0.000000174. The molecule has 0 aliphatic rings. The summed E-state index contributed by atoms with van der Waals surface area (Å²) in [5, 5.41) is 13.1. The molecule has 0 atom stereocenters. The molecular weight excluding hydrogens is 271 g/mol. The molecule has 0 fully saturated rings. The molecule has 4 rings (SSSR count). The number of hydrogen-bond donors (Lipinski definition) is 1. The normalized spacial score (nSPS) is 10.6. The van der Waals surface area contributed by atoms with E-state index in [2.05, 4.69) is 48.5 Å². The number of aliphatic carboxylic acids is 1. The van der Waals surface area contributed by atoms with Crippen LogP contribution in [0.1, 0.15) is 0 Å². The molecule has 0 aliphatic carbocycles. The van der Waals surface area contributed by atoms with Crippen molar-refractivity contribution in [1.29, 1.82) is 0 Å². The minimum atomic E-state index is -1.29. The Morgan fingerprint density at radius 2 is 1.22 bits per heavy atom. The predicted molar refractivity (Wildman–Crippen MR) is 75.8 cm³/mol. The molecule has 0 radical (unpaired) electrons. The lowest BCUT2D eigenvalue weighted by molar-refractivity contribution is -0.135. The maximum atomic E-state index is 9.44. The van der Waals surface area contributed by atoms with Gasteiger partial charge in [-0.25, -0.2) is 4.79 Å². The van der Waals surface area contributed by atoms with E-state index in [0.29, 0.717) is 0 Å². The van der Waals surface area contributed by atoms with E-state index in [1.54, 1.807) is 0 Å². The second-order valence-electron chi connectivity index (χ2n) is 3.76. The van der Waals surface area contributed by atoms with Crippen LogP contribution in [0.15, 0.2) is 48.5 Å². The van der Waals surface area contributed by atoms with Crippen LogP contribution in [0.2, 0.25) is 0 Å². The van der Waals surface area contributed by atoms with E-state index >= 15 is 0 Å². The number of carboxylic acid groups (broad SMARTS) is 1. The third-order valence-corrected chi connectivity index (χ3v) is 2.99. The summed E-state index contributed by atoms with van der Waals surface area (Å²) in [6.45, 7) is 0. The summed E-state index contributed by atoms with van der Waals surface area (Å²) >= 11 is 9.56. The highest BCUT2D eigenvalue weighted by molar-refractivity contribution is 6.52. The largest absolute Gasteiger partial charge is 0.479 e. The number of alkyl halides is 2. The zero-order valence-corrected chi connectivity index (χ0v) is 10.8. The molecule has 0 saturated heterocycles. The minimum Gasteiger partial charge on any atom is -0.479 e. The zero-order chi connectivity index (χ0) is 13.1. The molecule has 4 heteroatoms. The monoisotopic (exact) mass is 280 g/mol. The van der Waals surface area contributed by atoms with Crippen molar-refractivity contribution in [3.05, 3.63) is 48.5 Å². The third kappa shape index (κ3) is 2.66. The highest BCUT2D eigenvalue weighted by Crippen LogP contribution is 2.26. The van der Waals surface area contributed by atoms with Gasteiger partial charge < -0.3 is 5.11 Å². The maximum Gasteiger partial charge on any atom is 0.337 e. The fourth-order valence-corrected chi connectivity index (χ4v) is 1.82. The van der Waals surface area contributed by atoms with Crippen LogP contribution in [-0.4, -0.2) is 15.9 Å². The van der Waals surface area contributed by atoms with Gasteiger partial charge in [0.15, 0.2) is 0 Å². The van der Waals surface area contributed by atoms with Gasteiger partial charge in [0.25, 0.3) is 0 Å².